The molecule has 0 spiro atoms. The largest absolute Gasteiger partial charge is 0.342 e. The molecule has 0 bridgehead atoms. The summed E-state index contributed by atoms with van der Waals surface area (Å²) < 4.78 is 0. The Balaban J connectivity index is 1.88. The van der Waals surface area contributed by atoms with E-state index in [2.05, 4.69) is 0 Å². The molecule has 2 fully saturated rings. The maximum atomic E-state index is 11.7. The van der Waals surface area contributed by atoms with Gasteiger partial charge >= 0.3 is 0 Å². The molecule has 1 saturated heterocycles. The SMILES string of the molecule is CN(C(=O)C1CC1N)C1CCSC1. The van der Waals surface area contributed by atoms with Gasteiger partial charge < -0.3 is 10.6 Å². The Hall–Kier alpha value is -0.220. The highest BCUT2D eigenvalue weighted by molar-refractivity contribution is 7.99. The topological polar surface area (TPSA) is 46.3 Å². The monoisotopic (exact) mass is 200 g/mol. The fourth-order valence-corrected chi connectivity index (χ4v) is 3.04. The summed E-state index contributed by atoms with van der Waals surface area (Å²) in [6, 6.07) is 0.606. The Kier molecular flexibility index (Phi) is 2.51. The van der Waals surface area contributed by atoms with Gasteiger partial charge in [0.2, 0.25) is 5.91 Å². The third kappa shape index (κ3) is 1.83. The summed E-state index contributed by atoms with van der Waals surface area (Å²) in [4.78, 5) is 13.7. The first-order valence-corrected chi connectivity index (χ1v) is 5.95. The first-order valence-electron chi connectivity index (χ1n) is 4.80. The third-order valence-corrected chi connectivity index (χ3v) is 4.10. The molecule has 74 valence electrons. The van der Waals surface area contributed by atoms with Gasteiger partial charge in [0, 0.05) is 24.9 Å². The Labute approximate surface area is 83.0 Å². The molecule has 1 aliphatic heterocycles. The van der Waals surface area contributed by atoms with Gasteiger partial charge in [-0.05, 0) is 18.6 Å². The van der Waals surface area contributed by atoms with E-state index in [9.17, 15) is 4.79 Å². The van der Waals surface area contributed by atoms with Crippen LogP contribution in [-0.2, 0) is 4.79 Å². The molecule has 3 unspecified atom stereocenters. The zero-order valence-corrected chi connectivity index (χ0v) is 8.72. The molecule has 1 saturated carbocycles. The van der Waals surface area contributed by atoms with E-state index in [4.69, 9.17) is 5.73 Å². The van der Waals surface area contributed by atoms with Gasteiger partial charge in [-0.15, -0.1) is 0 Å². The summed E-state index contributed by atoms with van der Waals surface area (Å²) in [5.74, 6) is 2.69. The Bertz CT molecular complexity index is 216. The van der Waals surface area contributed by atoms with Gasteiger partial charge in [-0.1, -0.05) is 0 Å². The Morgan fingerprint density at radius 2 is 2.31 bits per heavy atom. The zero-order valence-electron chi connectivity index (χ0n) is 7.90. The minimum absolute atomic E-state index is 0.135. The fourth-order valence-electron chi connectivity index (χ4n) is 1.77. The molecule has 0 aromatic heterocycles. The lowest BCUT2D eigenvalue weighted by molar-refractivity contribution is -0.132. The van der Waals surface area contributed by atoms with Crippen molar-refractivity contribution in [2.75, 3.05) is 18.6 Å². The maximum Gasteiger partial charge on any atom is 0.227 e. The highest BCUT2D eigenvalue weighted by Crippen LogP contribution is 2.32. The minimum atomic E-state index is 0.135. The zero-order chi connectivity index (χ0) is 9.42. The molecule has 0 aromatic carbocycles. The second-order valence-corrected chi connectivity index (χ2v) is 5.12. The Morgan fingerprint density at radius 3 is 2.77 bits per heavy atom. The highest BCUT2D eigenvalue weighted by atomic mass is 32.2. The van der Waals surface area contributed by atoms with E-state index >= 15 is 0 Å². The van der Waals surface area contributed by atoms with E-state index in [-0.39, 0.29) is 17.9 Å². The van der Waals surface area contributed by atoms with Gasteiger partial charge in [-0.2, -0.15) is 11.8 Å². The van der Waals surface area contributed by atoms with Crippen molar-refractivity contribution in [1.29, 1.82) is 0 Å². The number of nitrogens with zero attached hydrogens (tertiary/aromatic N) is 1. The fraction of sp³-hybridized carbons (Fsp3) is 0.889. The summed E-state index contributed by atoms with van der Waals surface area (Å²) >= 11 is 1.94. The molecule has 1 amide bonds. The van der Waals surface area contributed by atoms with Gasteiger partial charge in [0.15, 0.2) is 0 Å². The number of carbonyl (C=O) groups excluding carboxylic acids is 1. The van der Waals surface area contributed by atoms with Crippen LogP contribution in [0.4, 0.5) is 0 Å². The van der Waals surface area contributed by atoms with Crippen LogP contribution in [-0.4, -0.2) is 41.4 Å². The third-order valence-electron chi connectivity index (χ3n) is 2.96. The Morgan fingerprint density at radius 1 is 1.62 bits per heavy atom. The van der Waals surface area contributed by atoms with Crippen LogP contribution in [0.2, 0.25) is 0 Å². The molecular formula is C9H16N2OS. The molecule has 4 heteroatoms. The van der Waals surface area contributed by atoms with Crippen molar-refractivity contribution in [1.82, 2.24) is 4.90 Å². The normalized spacial score (nSPS) is 37.5. The number of amides is 1. The van der Waals surface area contributed by atoms with Crippen molar-refractivity contribution in [3.05, 3.63) is 0 Å². The molecule has 1 heterocycles. The number of hydrogen-bond acceptors (Lipinski definition) is 3. The molecule has 2 N–H and O–H groups in total. The van der Waals surface area contributed by atoms with Crippen molar-refractivity contribution in [2.45, 2.75) is 24.9 Å². The van der Waals surface area contributed by atoms with Crippen molar-refractivity contribution < 1.29 is 4.79 Å². The van der Waals surface area contributed by atoms with Crippen molar-refractivity contribution in [3.63, 3.8) is 0 Å². The lowest BCUT2D eigenvalue weighted by Crippen LogP contribution is -2.38. The van der Waals surface area contributed by atoms with E-state index in [0.29, 0.717) is 6.04 Å². The van der Waals surface area contributed by atoms with Gasteiger partial charge in [0.1, 0.15) is 0 Å². The average Bonchev–Trinajstić information content (AvgIpc) is 2.69. The molecule has 13 heavy (non-hydrogen) atoms. The molecule has 0 radical (unpaired) electrons. The molecule has 2 rings (SSSR count). The van der Waals surface area contributed by atoms with Crippen molar-refractivity contribution >= 4 is 17.7 Å². The number of carbonyl (C=O) groups is 1. The number of nitrogens with two attached hydrogens (primary N) is 1. The number of hydrogen-bond donors (Lipinski definition) is 1. The summed E-state index contributed by atoms with van der Waals surface area (Å²) in [6.45, 7) is 0. The molecule has 3 nitrogen and oxygen atoms in total. The van der Waals surface area contributed by atoms with E-state index < -0.39 is 0 Å². The van der Waals surface area contributed by atoms with Gasteiger partial charge in [0.05, 0.1) is 5.92 Å². The van der Waals surface area contributed by atoms with Crippen LogP contribution in [0.15, 0.2) is 0 Å². The van der Waals surface area contributed by atoms with Crippen LogP contribution >= 0.6 is 11.8 Å². The van der Waals surface area contributed by atoms with E-state index in [1.807, 2.05) is 23.7 Å². The summed E-state index contributed by atoms with van der Waals surface area (Å²) in [7, 11) is 1.92. The summed E-state index contributed by atoms with van der Waals surface area (Å²) in [5, 5.41) is 0. The average molecular weight is 200 g/mol. The van der Waals surface area contributed by atoms with E-state index in [0.717, 1.165) is 18.6 Å². The maximum absolute atomic E-state index is 11.7. The van der Waals surface area contributed by atoms with E-state index in [1.165, 1.54) is 5.75 Å². The quantitative estimate of drug-likeness (QED) is 0.697. The summed E-state index contributed by atoms with van der Waals surface area (Å²) in [5.41, 5.74) is 5.65. The van der Waals surface area contributed by atoms with Crippen LogP contribution < -0.4 is 5.73 Å². The lowest BCUT2D eigenvalue weighted by Gasteiger charge is -2.23. The predicted octanol–water partition coefficient (Wildman–Crippen LogP) is 0.297. The van der Waals surface area contributed by atoms with Crippen LogP contribution in [0, 0.1) is 5.92 Å². The number of rotatable bonds is 2. The second kappa shape index (κ2) is 3.50. The van der Waals surface area contributed by atoms with Crippen LogP contribution in [0.1, 0.15) is 12.8 Å². The highest BCUT2D eigenvalue weighted by Gasteiger charge is 2.43. The lowest BCUT2D eigenvalue weighted by atomic mass is 10.2. The molecule has 1 aliphatic carbocycles. The smallest absolute Gasteiger partial charge is 0.227 e. The van der Waals surface area contributed by atoms with Gasteiger partial charge in [0.25, 0.3) is 0 Å². The minimum Gasteiger partial charge on any atom is -0.342 e. The van der Waals surface area contributed by atoms with Crippen molar-refractivity contribution in [3.8, 4) is 0 Å². The second-order valence-electron chi connectivity index (χ2n) is 3.97. The predicted molar refractivity (Wildman–Crippen MR) is 54.6 cm³/mol. The molecule has 0 aromatic rings. The summed E-state index contributed by atoms with van der Waals surface area (Å²) in [6.07, 6.45) is 2.04. The van der Waals surface area contributed by atoms with Gasteiger partial charge in [-0.25, -0.2) is 0 Å². The van der Waals surface area contributed by atoms with Crippen molar-refractivity contribution in [2.24, 2.45) is 11.7 Å². The van der Waals surface area contributed by atoms with Crippen LogP contribution in [0.25, 0.3) is 0 Å². The van der Waals surface area contributed by atoms with Crippen LogP contribution in [0.3, 0.4) is 0 Å². The molecule has 2 aliphatic rings. The van der Waals surface area contributed by atoms with Crippen LogP contribution in [0.5, 0.6) is 0 Å². The van der Waals surface area contributed by atoms with Gasteiger partial charge in [-0.3, -0.25) is 4.79 Å². The van der Waals surface area contributed by atoms with E-state index in [1.54, 1.807) is 0 Å². The number of thioether (sulfide) groups is 1. The first-order chi connectivity index (χ1) is 6.20. The first kappa shape index (κ1) is 9.34. The molecule has 3 atom stereocenters. The molecular weight excluding hydrogens is 184 g/mol. The standard InChI is InChI=1S/C9H16N2OS/c1-11(6-2-3-13-5-6)9(12)7-4-8(7)10/h6-8H,2-5,10H2,1H3.